The molecule has 11 heteroatoms. The van der Waals surface area contributed by atoms with Gasteiger partial charge in [0.25, 0.3) is 11.1 Å². The van der Waals surface area contributed by atoms with Gasteiger partial charge in [-0.05, 0) is 35.0 Å². The number of aromatic nitrogens is 5. The molecule has 10 nitrogen and oxygen atoms in total. The summed E-state index contributed by atoms with van der Waals surface area (Å²) in [5.74, 6) is 0.353. The molecule has 0 fully saturated rings. The fourth-order valence-corrected chi connectivity index (χ4v) is 5.28. The molecule has 0 amide bonds. The maximum absolute atomic E-state index is 13.4. The second-order valence-corrected chi connectivity index (χ2v) is 9.90. The molecule has 40 heavy (non-hydrogen) atoms. The summed E-state index contributed by atoms with van der Waals surface area (Å²) < 4.78 is 8.57. The first-order valence-corrected chi connectivity index (χ1v) is 13.1. The lowest BCUT2D eigenvalue weighted by Crippen LogP contribution is -2.31. The quantitative estimate of drug-likeness (QED) is 0.241. The van der Waals surface area contributed by atoms with Gasteiger partial charge >= 0.3 is 0 Å². The number of fused-ring (bicyclic) bond motifs is 1. The number of aromatic amines is 1. The standard InChI is InChI=1S/C29H20N6O4S/c1-39-24-13-12-19(15-22(24)33-38)26-20(17-34(32-26)21-10-6-3-7-11-21)16-25-28(37)35-29(40-25)30-27(36)23(31-35)14-18-8-4-2-5-9-18/h2-13,15-17H,14H2,1H3/p+1/b25-16-. The Balaban J connectivity index is 1.51. The van der Waals surface area contributed by atoms with Crippen molar-refractivity contribution in [1.29, 1.82) is 0 Å². The number of nitrogens with zero attached hydrogens (tertiary/aromatic N) is 5. The van der Waals surface area contributed by atoms with Crippen molar-refractivity contribution in [3.63, 3.8) is 0 Å². The van der Waals surface area contributed by atoms with Crippen molar-refractivity contribution in [2.75, 3.05) is 7.11 Å². The third-order valence-electron chi connectivity index (χ3n) is 6.34. The van der Waals surface area contributed by atoms with E-state index in [1.165, 1.54) is 11.6 Å². The Kier molecular flexibility index (Phi) is 6.54. The third-order valence-corrected chi connectivity index (χ3v) is 7.30. The molecule has 0 spiro atoms. The van der Waals surface area contributed by atoms with Crippen LogP contribution in [0.25, 0.3) is 28.0 Å². The Labute approximate surface area is 230 Å². The molecule has 0 atom stereocenters. The molecule has 0 saturated heterocycles. The summed E-state index contributed by atoms with van der Waals surface area (Å²) in [5.41, 5.74) is 3.24. The number of ether oxygens (including phenoxy) is 1. The lowest BCUT2D eigenvalue weighted by molar-refractivity contribution is -0.654. The highest BCUT2D eigenvalue weighted by Crippen LogP contribution is 2.33. The van der Waals surface area contributed by atoms with Crippen molar-refractivity contribution in [2.24, 2.45) is 5.18 Å². The molecular formula is C29H21N6O4S+. The number of benzene rings is 3. The van der Waals surface area contributed by atoms with E-state index in [1.54, 1.807) is 24.3 Å². The molecule has 0 radical (unpaired) electrons. The van der Waals surface area contributed by atoms with Crippen molar-refractivity contribution in [3.8, 4) is 22.7 Å². The van der Waals surface area contributed by atoms with Gasteiger partial charge in [0, 0.05) is 24.1 Å². The Morgan fingerprint density at radius 1 is 1.05 bits per heavy atom. The number of thiazole rings is 1. The highest BCUT2D eigenvalue weighted by Gasteiger charge is 2.20. The highest BCUT2D eigenvalue weighted by molar-refractivity contribution is 7.15. The van der Waals surface area contributed by atoms with Gasteiger partial charge in [-0.1, -0.05) is 64.5 Å². The molecule has 0 aliphatic rings. The van der Waals surface area contributed by atoms with Crippen LogP contribution in [0.1, 0.15) is 16.8 Å². The van der Waals surface area contributed by atoms with Gasteiger partial charge in [-0.3, -0.25) is 9.59 Å². The van der Waals surface area contributed by atoms with Crippen molar-refractivity contribution >= 4 is 28.1 Å². The topological polar surface area (TPSA) is 123 Å². The van der Waals surface area contributed by atoms with E-state index in [9.17, 15) is 14.5 Å². The van der Waals surface area contributed by atoms with Crippen LogP contribution >= 0.6 is 11.3 Å². The predicted molar refractivity (Wildman–Crippen MR) is 151 cm³/mol. The zero-order chi connectivity index (χ0) is 27.6. The van der Waals surface area contributed by atoms with Crippen LogP contribution in [0.3, 0.4) is 0 Å². The van der Waals surface area contributed by atoms with Gasteiger partial charge < -0.3 is 4.74 Å². The van der Waals surface area contributed by atoms with Gasteiger partial charge in [-0.25, -0.2) is 0 Å². The molecule has 1 N–H and O–H groups in total. The summed E-state index contributed by atoms with van der Waals surface area (Å²) in [6, 6.07) is 24.1. The minimum atomic E-state index is -0.465. The van der Waals surface area contributed by atoms with Crippen LogP contribution in [0.5, 0.6) is 5.75 Å². The monoisotopic (exact) mass is 549 g/mol. The zero-order valence-corrected chi connectivity index (χ0v) is 22.0. The van der Waals surface area contributed by atoms with Crippen LogP contribution in [0.2, 0.25) is 0 Å². The minimum absolute atomic E-state index is 0.149. The van der Waals surface area contributed by atoms with Gasteiger partial charge in [-0.15, -0.1) is 4.91 Å². The maximum atomic E-state index is 13.4. The number of nitroso groups, excluding NO2 is 1. The van der Waals surface area contributed by atoms with Crippen LogP contribution in [0.15, 0.2) is 99.8 Å². The molecule has 3 aromatic heterocycles. The highest BCUT2D eigenvalue weighted by atomic mass is 32.1. The van der Waals surface area contributed by atoms with Crippen LogP contribution in [0.4, 0.5) is 5.69 Å². The summed E-state index contributed by atoms with van der Waals surface area (Å²) in [4.78, 5) is 41.9. The van der Waals surface area contributed by atoms with Crippen molar-refractivity contribution in [3.05, 3.63) is 132 Å². The number of para-hydroxylation sites is 1. The number of hydrogen-bond acceptors (Lipinski definition) is 8. The molecule has 0 bridgehead atoms. The fraction of sp³-hybridized carbons (Fsp3) is 0.0690. The summed E-state index contributed by atoms with van der Waals surface area (Å²) in [7, 11) is 1.47. The fourth-order valence-electron chi connectivity index (χ4n) is 4.39. The molecular weight excluding hydrogens is 528 g/mol. The predicted octanol–water partition coefficient (Wildman–Crippen LogP) is 3.33. The lowest BCUT2D eigenvalue weighted by Gasteiger charge is -2.04. The average molecular weight is 550 g/mol. The molecule has 0 unspecified atom stereocenters. The van der Waals surface area contributed by atoms with E-state index in [0.717, 1.165) is 22.6 Å². The van der Waals surface area contributed by atoms with Crippen LogP contribution < -0.4 is 25.1 Å². The first-order chi connectivity index (χ1) is 19.5. The summed E-state index contributed by atoms with van der Waals surface area (Å²) >= 11 is 1.08. The van der Waals surface area contributed by atoms with Gasteiger partial charge in [0.15, 0.2) is 5.69 Å². The second kappa shape index (κ2) is 10.5. The molecule has 196 valence electrons. The Hall–Kier alpha value is -5.29. The van der Waals surface area contributed by atoms with Gasteiger partial charge in [0.2, 0.25) is 16.8 Å². The van der Waals surface area contributed by atoms with E-state index in [4.69, 9.17) is 4.74 Å². The first kappa shape index (κ1) is 25.0. The Morgan fingerprint density at radius 2 is 1.80 bits per heavy atom. The van der Waals surface area contributed by atoms with Crippen molar-refractivity contribution in [2.45, 2.75) is 6.42 Å². The SMILES string of the molecule is COc1ccc(-c2[nH][n+](-c3ccccc3)cc2/C=c2\sc3nc(=O)c(Cc4ccccc4)nn3c2=O)cc1N=O. The van der Waals surface area contributed by atoms with Crippen molar-refractivity contribution < 1.29 is 9.42 Å². The van der Waals surface area contributed by atoms with Crippen LogP contribution in [-0.4, -0.2) is 26.8 Å². The van der Waals surface area contributed by atoms with Gasteiger partial charge in [0.05, 0.1) is 17.2 Å². The number of hydrogen-bond donors (Lipinski definition) is 1. The van der Waals surface area contributed by atoms with Crippen LogP contribution in [-0.2, 0) is 6.42 Å². The van der Waals surface area contributed by atoms with E-state index >= 15 is 0 Å². The zero-order valence-electron chi connectivity index (χ0n) is 21.1. The molecule has 6 rings (SSSR count). The minimum Gasteiger partial charge on any atom is -0.494 e. The average Bonchev–Trinajstić information content (AvgIpc) is 3.54. The lowest BCUT2D eigenvalue weighted by atomic mass is 10.1. The molecule has 6 aromatic rings. The summed E-state index contributed by atoms with van der Waals surface area (Å²) in [5, 5.41) is 10.8. The molecule has 0 saturated carbocycles. The van der Waals surface area contributed by atoms with E-state index in [0.29, 0.717) is 27.1 Å². The smallest absolute Gasteiger partial charge is 0.296 e. The summed E-state index contributed by atoms with van der Waals surface area (Å²) in [6.07, 6.45) is 3.83. The molecule has 3 heterocycles. The number of H-pyrrole nitrogens is 1. The number of rotatable bonds is 7. The molecule has 0 aliphatic heterocycles. The Morgan fingerprint density at radius 3 is 2.52 bits per heavy atom. The Bertz CT molecular complexity index is 2030. The second-order valence-electron chi connectivity index (χ2n) is 8.89. The van der Waals surface area contributed by atoms with Crippen molar-refractivity contribution in [1.82, 2.24) is 19.7 Å². The van der Waals surface area contributed by atoms with E-state index in [1.807, 2.05) is 71.5 Å². The number of nitrogens with one attached hydrogen (secondary N) is 1. The van der Waals surface area contributed by atoms with Gasteiger partial charge in [0.1, 0.15) is 17.1 Å². The largest absolute Gasteiger partial charge is 0.494 e. The maximum Gasteiger partial charge on any atom is 0.296 e. The normalized spacial score (nSPS) is 11.7. The van der Waals surface area contributed by atoms with Gasteiger partial charge in [-0.2, -0.15) is 19.7 Å². The third kappa shape index (κ3) is 4.69. The van der Waals surface area contributed by atoms with E-state index < -0.39 is 5.56 Å². The molecule has 3 aromatic carbocycles. The van der Waals surface area contributed by atoms with E-state index in [-0.39, 0.29) is 28.3 Å². The van der Waals surface area contributed by atoms with E-state index in [2.05, 4.69) is 20.4 Å². The van der Waals surface area contributed by atoms with Crippen LogP contribution in [0, 0.1) is 4.91 Å². The summed E-state index contributed by atoms with van der Waals surface area (Å²) in [6.45, 7) is 0. The number of methoxy groups -OCH3 is 1. The molecule has 0 aliphatic carbocycles. The first-order valence-electron chi connectivity index (χ1n) is 12.2.